The second kappa shape index (κ2) is 7.40. The number of nitrogens with zero attached hydrogens (tertiary/aromatic N) is 4. The van der Waals surface area contributed by atoms with Crippen molar-refractivity contribution < 1.29 is 0 Å². The van der Waals surface area contributed by atoms with Crippen LogP contribution in [0.25, 0.3) is 0 Å². The van der Waals surface area contributed by atoms with E-state index in [0.717, 1.165) is 34.8 Å². The average Bonchev–Trinajstić information content (AvgIpc) is 2.87. The molecular weight excluding hydrogens is 322 g/mol. The number of pyridine rings is 1. The lowest BCUT2D eigenvalue weighted by atomic mass is 10.1. The molecule has 0 amide bonds. The summed E-state index contributed by atoms with van der Waals surface area (Å²) in [5.74, 6) is 0.639. The Hall–Kier alpha value is -3.13. The van der Waals surface area contributed by atoms with Crippen molar-refractivity contribution >= 4 is 5.82 Å². The Balaban J connectivity index is 1.83. The van der Waals surface area contributed by atoms with Gasteiger partial charge in [0.2, 0.25) is 0 Å². The Morgan fingerprint density at radius 1 is 1.12 bits per heavy atom. The summed E-state index contributed by atoms with van der Waals surface area (Å²) < 4.78 is 2.03. The van der Waals surface area contributed by atoms with Gasteiger partial charge in [0.15, 0.2) is 0 Å². The number of hydrogen-bond acceptors (Lipinski definition) is 4. The summed E-state index contributed by atoms with van der Waals surface area (Å²) in [7, 11) is 0. The summed E-state index contributed by atoms with van der Waals surface area (Å²) in [6, 6.07) is 14.5. The fraction of sp³-hybridized carbons (Fsp3) is 0.286. The number of aromatic nitrogens is 3. The van der Waals surface area contributed by atoms with Crippen LogP contribution in [0.5, 0.6) is 0 Å². The highest BCUT2D eigenvalue weighted by molar-refractivity contribution is 5.56. The quantitative estimate of drug-likeness (QED) is 0.758. The van der Waals surface area contributed by atoms with E-state index in [4.69, 9.17) is 0 Å². The van der Waals surface area contributed by atoms with Crippen molar-refractivity contribution in [2.45, 2.75) is 40.8 Å². The largest absolute Gasteiger partial charge is 0.365 e. The second-order valence-electron chi connectivity index (χ2n) is 6.56. The van der Waals surface area contributed by atoms with Gasteiger partial charge in [0.05, 0.1) is 17.8 Å². The third-order valence-electron chi connectivity index (χ3n) is 4.60. The number of nitrogens with one attached hydrogen (secondary N) is 1. The molecule has 132 valence electrons. The minimum atomic E-state index is 0.594. The van der Waals surface area contributed by atoms with Gasteiger partial charge in [-0.05, 0) is 44.9 Å². The molecule has 2 aromatic heterocycles. The van der Waals surface area contributed by atoms with E-state index in [9.17, 15) is 5.26 Å². The first-order valence-electron chi connectivity index (χ1n) is 8.68. The molecule has 0 saturated carbocycles. The van der Waals surface area contributed by atoms with Crippen molar-refractivity contribution in [3.05, 3.63) is 75.7 Å². The Bertz CT molecular complexity index is 964. The van der Waals surface area contributed by atoms with Crippen molar-refractivity contribution in [3.8, 4) is 6.07 Å². The van der Waals surface area contributed by atoms with Crippen LogP contribution in [0.2, 0.25) is 0 Å². The van der Waals surface area contributed by atoms with Gasteiger partial charge in [0, 0.05) is 23.5 Å². The Morgan fingerprint density at radius 2 is 1.85 bits per heavy atom. The van der Waals surface area contributed by atoms with Crippen molar-refractivity contribution in [3.63, 3.8) is 0 Å². The highest BCUT2D eigenvalue weighted by Gasteiger charge is 2.14. The lowest BCUT2D eigenvalue weighted by molar-refractivity contribution is 0.658. The summed E-state index contributed by atoms with van der Waals surface area (Å²) >= 11 is 0. The number of aryl methyl sites for hydroxylation is 3. The molecular formula is C21H23N5. The molecule has 0 bridgehead atoms. The molecule has 26 heavy (non-hydrogen) atoms. The van der Waals surface area contributed by atoms with Gasteiger partial charge < -0.3 is 5.32 Å². The van der Waals surface area contributed by atoms with Crippen LogP contribution >= 0.6 is 0 Å². The fourth-order valence-electron chi connectivity index (χ4n) is 3.18. The normalized spacial score (nSPS) is 10.6. The maximum atomic E-state index is 9.42. The zero-order valence-electron chi connectivity index (χ0n) is 15.7. The SMILES string of the molecule is Cc1cc(C)c(C#N)c(NCc2c(C)nn(Cc3ccccc3)c2C)n1. The van der Waals surface area contributed by atoms with Crippen molar-refractivity contribution in [2.24, 2.45) is 0 Å². The molecule has 5 nitrogen and oxygen atoms in total. The van der Waals surface area contributed by atoms with E-state index in [1.807, 2.05) is 49.7 Å². The number of hydrogen-bond donors (Lipinski definition) is 1. The summed E-state index contributed by atoms with van der Waals surface area (Å²) in [6.07, 6.45) is 0. The molecule has 2 heterocycles. The van der Waals surface area contributed by atoms with Crippen LogP contribution in [-0.4, -0.2) is 14.8 Å². The Kier molecular flexibility index (Phi) is 5.04. The first-order chi connectivity index (χ1) is 12.5. The molecule has 0 aliphatic carbocycles. The van der Waals surface area contributed by atoms with Gasteiger partial charge in [0.25, 0.3) is 0 Å². The molecule has 0 fully saturated rings. The molecule has 1 N–H and O–H groups in total. The smallest absolute Gasteiger partial charge is 0.144 e. The second-order valence-corrected chi connectivity index (χ2v) is 6.56. The molecule has 0 spiro atoms. The van der Waals surface area contributed by atoms with Crippen LogP contribution in [-0.2, 0) is 13.1 Å². The highest BCUT2D eigenvalue weighted by atomic mass is 15.3. The maximum absolute atomic E-state index is 9.42. The summed E-state index contributed by atoms with van der Waals surface area (Å²) in [4.78, 5) is 4.49. The molecule has 0 saturated heterocycles. The molecule has 3 aromatic rings. The van der Waals surface area contributed by atoms with E-state index < -0.39 is 0 Å². The zero-order valence-corrected chi connectivity index (χ0v) is 15.7. The van der Waals surface area contributed by atoms with Crippen LogP contribution in [0, 0.1) is 39.0 Å². The third kappa shape index (κ3) is 3.60. The van der Waals surface area contributed by atoms with Gasteiger partial charge in [-0.15, -0.1) is 0 Å². The summed E-state index contributed by atoms with van der Waals surface area (Å²) in [5.41, 5.74) is 6.93. The fourth-order valence-corrected chi connectivity index (χ4v) is 3.18. The molecule has 0 radical (unpaired) electrons. The van der Waals surface area contributed by atoms with E-state index in [1.54, 1.807) is 0 Å². The van der Waals surface area contributed by atoms with Crippen LogP contribution in [0.4, 0.5) is 5.82 Å². The molecule has 5 heteroatoms. The van der Waals surface area contributed by atoms with E-state index >= 15 is 0 Å². The van der Waals surface area contributed by atoms with Gasteiger partial charge in [-0.3, -0.25) is 4.68 Å². The van der Waals surface area contributed by atoms with Gasteiger partial charge in [-0.25, -0.2) is 4.98 Å². The zero-order chi connectivity index (χ0) is 18.7. The number of benzene rings is 1. The van der Waals surface area contributed by atoms with Gasteiger partial charge >= 0.3 is 0 Å². The van der Waals surface area contributed by atoms with E-state index in [0.29, 0.717) is 17.9 Å². The van der Waals surface area contributed by atoms with Crippen molar-refractivity contribution in [1.29, 1.82) is 5.26 Å². The maximum Gasteiger partial charge on any atom is 0.144 e. The van der Waals surface area contributed by atoms with Gasteiger partial charge in [-0.1, -0.05) is 30.3 Å². The van der Waals surface area contributed by atoms with E-state index in [2.05, 4.69) is 40.5 Å². The first kappa shape index (κ1) is 17.7. The monoisotopic (exact) mass is 345 g/mol. The van der Waals surface area contributed by atoms with Crippen LogP contribution in [0.3, 0.4) is 0 Å². The molecule has 1 aromatic carbocycles. The first-order valence-corrected chi connectivity index (χ1v) is 8.68. The number of nitriles is 1. The number of rotatable bonds is 5. The topological polar surface area (TPSA) is 66.5 Å². The Morgan fingerprint density at radius 3 is 2.54 bits per heavy atom. The molecule has 0 atom stereocenters. The minimum absolute atomic E-state index is 0.594. The van der Waals surface area contributed by atoms with E-state index in [-0.39, 0.29) is 0 Å². The van der Waals surface area contributed by atoms with E-state index in [1.165, 1.54) is 5.56 Å². The van der Waals surface area contributed by atoms with Crippen molar-refractivity contribution in [2.75, 3.05) is 5.32 Å². The van der Waals surface area contributed by atoms with Gasteiger partial charge in [-0.2, -0.15) is 10.4 Å². The lowest BCUT2D eigenvalue weighted by Crippen LogP contribution is -2.08. The average molecular weight is 345 g/mol. The summed E-state index contributed by atoms with van der Waals surface area (Å²) in [5, 5.41) is 17.4. The standard InChI is InChI=1S/C21H23N5/c1-14-10-15(2)24-21(19(14)11-22)23-12-20-16(3)25-26(17(20)4)13-18-8-6-5-7-9-18/h5-10H,12-13H2,1-4H3,(H,23,24). The lowest BCUT2D eigenvalue weighted by Gasteiger charge is -2.11. The highest BCUT2D eigenvalue weighted by Crippen LogP contribution is 2.20. The Labute approximate surface area is 154 Å². The van der Waals surface area contributed by atoms with Crippen LogP contribution in [0.15, 0.2) is 36.4 Å². The van der Waals surface area contributed by atoms with Crippen LogP contribution < -0.4 is 5.32 Å². The van der Waals surface area contributed by atoms with Crippen molar-refractivity contribution in [1.82, 2.24) is 14.8 Å². The molecule has 0 unspecified atom stereocenters. The number of anilines is 1. The molecule has 0 aliphatic heterocycles. The predicted octanol–water partition coefficient (Wildman–Crippen LogP) is 4.04. The van der Waals surface area contributed by atoms with Gasteiger partial charge in [0.1, 0.15) is 11.9 Å². The summed E-state index contributed by atoms with van der Waals surface area (Å²) in [6.45, 7) is 9.32. The predicted molar refractivity (Wildman–Crippen MR) is 103 cm³/mol. The van der Waals surface area contributed by atoms with Crippen LogP contribution in [0.1, 0.15) is 39.3 Å². The third-order valence-corrected chi connectivity index (χ3v) is 4.60. The minimum Gasteiger partial charge on any atom is -0.365 e. The molecule has 0 aliphatic rings. The molecule has 3 rings (SSSR count).